The molecule has 1 amide bonds. The second-order valence-electron chi connectivity index (χ2n) is 6.21. The molecule has 1 saturated carbocycles. The third kappa shape index (κ3) is 2.45. The molecule has 0 spiro atoms. The van der Waals surface area contributed by atoms with Crippen LogP contribution in [0.1, 0.15) is 31.2 Å². The number of rotatable bonds is 4. The van der Waals surface area contributed by atoms with Crippen molar-refractivity contribution in [2.45, 2.75) is 31.1 Å². The van der Waals surface area contributed by atoms with Crippen LogP contribution in [0.5, 0.6) is 5.75 Å². The summed E-state index contributed by atoms with van der Waals surface area (Å²) in [7, 11) is 1.61. The van der Waals surface area contributed by atoms with Gasteiger partial charge in [-0.1, -0.05) is 18.2 Å². The van der Waals surface area contributed by atoms with E-state index in [1.807, 2.05) is 24.3 Å². The molecular formula is C17H21NO4. The van der Waals surface area contributed by atoms with Gasteiger partial charge < -0.3 is 14.7 Å². The fourth-order valence-electron chi connectivity index (χ4n) is 3.43. The molecule has 1 aromatic carbocycles. The van der Waals surface area contributed by atoms with E-state index in [2.05, 4.69) is 0 Å². The average molecular weight is 303 g/mol. The number of para-hydroxylation sites is 1. The Bertz CT molecular complexity index is 594. The zero-order valence-electron chi connectivity index (χ0n) is 12.7. The minimum atomic E-state index is -0.806. The van der Waals surface area contributed by atoms with E-state index >= 15 is 0 Å². The fraction of sp³-hybridized carbons (Fsp3) is 0.529. The number of carbonyl (C=O) groups excluding carboxylic acids is 1. The number of amides is 1. The van der Waals surface area contributed by atoms with E-state index in [1.54, 1.807) is 12.0 Å². The molecular weight excluding hydrogens is 282 g/mol. The summed E-state index contributed by atoms with van der Waals surface area (Å²) >= 11 is 0. The first-order chi connectivity index (χ1) is 10.6. The molecule has 0 radical (unpaired) electrons. The van der Waals surface area contributed by atoms with Crippen LogP contribution < -0.4 is 4.74 Å². The van der Waals surface area contributed by atoms with Crippen molar-refractivity contribution in [1.29, 1.82) is 0 Å². The van der Waals surface area contributed by atoms with Gasteiger partial charge in [0.25, 0.3) is 0 Å². The Kier molecular flexibility index (Phi) is 3.81. The molecule has 1 aliphatic carbocycles. The van der Waals surface area contributed by atoms with Gasteiger partial charge >= 0.3 is 5.97 Å². The summed E-state index contributed by atoms with van der Waals surface area (Å²) in [6.07, 6.45) is 3.02. The van der Waals surface area contributed by atoms with Gasteiger partial charge in [0, 0.05) is 18.7 Å². The quantitative estimate of drug-likeness (QED) is 0.924. The van der Waals surface area contributed by atoms with E-state index in [0.717, 1.165) is 30.6 Å². The van der Waals surface area contributed by atoms with Crippen LogP contribution in [0.2, 0.25) is 0 Å². The fourth-order valence-corrected chi connectivity index (χ4v) is 3.43. The number of likely N-dealkylation sites (tertiary alicyclic amines) is 1. The summed E-state index contributed by atoms with van der Waals surface area (Å²) in [5.74, 6) is -0.450. The molecule has 5 nitrogen and oxygen atoms in total. The minimum absolute atomic E-state index is 0.0583. The molecule has 0 aromatic heterocycles. The molecule has 0 unspecified atom stereocenters. The molecule has 1 N–H and O–H groups in total. The van der Waals surface area contributed by atoms with E-state index < -0.39 is 17.3 Å². The van der Waals surface area contributed by atoms with Crippen molar-refractivity contribution in [1.82, 2.24) is 4.90 Å². The van der Waals surface area contributed by atoms with Crippen LogP contribution in [-0.4, -0.2) is 42.1 Å². The highest BCUT2D eigenvalue weighted by Gasteiger charge is 2.54. The van der Waals surface area contributed by atoms with E-state index in [4.69, 9.17) is 4.74 Å². The van der Waals surface area contributed by atoms with Crippen LogP contribution >= 0.6 is 0 Å². The molecule has 5 heteroatoms. The molecule has 2 fully saturated rings. The Morgan fingerprint density at radius 3 is 2.68 bits per heavy atom. The lowest BCUT2D eigenvalue weighted by Crippen LogP contribution is -2.46. The lowest BCUT2D eigenvalue weighted by atomic mass is 9.91. The summed E-state index contributed by atoms with van der Waals surface area (Å²) in [6, 6.07) is 7.63. The number of methoxy groups -OCH3 is 1. The molecule has 2 aliphatic rings. The standard InChI is InChI=1S/C17H21NO4/c1-22-14-7-3-2-6-13(14)17(8-9-17)16(21)18-10-4-5-12(11-18)15(19)20/h2-3,6-7,12H,4-5,8-11H2,1H3,(H,19,20)/t12-/m0/s1. The van der Waals surface area contributed by atoms with E-state index in [1.165, 1.54) is 0 Å². The first kappa shape index (κ1) is 14.9. The molecule has 1 aliphatic heterocycles. The Morgan fingerprint density at radius 2 is 2.05 bits per heavy atom. The number of ether oxygens (including phenoxy) is 1. The SMILES string of the molecule is COc1ccccc1C1(C(=O)N2CCC[C@H](C(=O)O)C2)CC1. The third-order valence-electron chi connectivity index (χ3n) is 4.84. The second kappa shape index (κ2) is 5.63. The maximum atomic E-state index is 13.0. The van der Waals surface area contributed by atoms with Gasteiger partial charge in [0.2, 0.25) is 5.91 Å². The number of nitrogens with zero attached hydrogens (tertiary/aromatic N) is 1. The van der Waals surface area contributed by atoms with E-state index in [-0.39, 0.29) is 5.91 Å². The number of carbonyl (C=O) groups is 2. The van der Waals surface area contributed by atoms with Crippen LogP contribution in [-0.2, 0) is 15.0 Å². The van der Waals surface area contributed by atoms with Crippen molar-refractivity contribution in [3.8, 4) is 5.75 Å². The predicted molar refractivity (Wildman–Crippen MR) is 80.8 cm³/mol. The summed E-state index contributed by atoms with van der Waals surface area (Å²) in [6.45, 7) is 0.977. The smallest absolute Gasteiger partial charge is 0.308 e. The van der Waals surface area contributed by atoms with Gasteiger partial charge in [-0.05, 0) is 31.7 Å². The van der Waals surface area contributed by atoms with Gasteiger partial charge in [0.05, 0.1) is 18.4 Å². The molecule has 118 valence electrons. The molecule has 1 atom stereocenters. The molecule has 1 aromatic rings. The number of hydrogen-bond donors (Lipinski definition) is 1. The zero-order valence-corrected chi connectivity index (χ0v) is 12.7. The predicted octanol–water partition coefficient (Wildman–Crippen LogP) is 2.05. The number of carboxylic acids is 1. The van der Waals surface area contributed by atoms with Crippen molar-refractivity contribution in [2.24, 2.45) is 5.92 Å². The Morgan fingerprint density at radius 1 is 1.32 bits per heavy atom. The minimum Gasteiger partial charge on any atom is -0.496 e. The van der Waals surface area contributed by atoms with Crippen molar-refractivity contribution in [3.63, 3.8) is 0 Å². The van der Waals surface area contributed by atoms with Crippen LogP contribution in [0, 0.1) is 5.92 Å². The highest BCUT2D eigenvalue weighted by molar-refractivity contribution is 5.92. The maximum absolute atomic E-state index is 13.0. The van der Waals surface area contributed by atoms with E-state index in [0.29, 0.717) is 19.5 Å². The van der Waals surface area contributed by atoms with Crippen LogP contribution in [0.4, 0.5) is 0 Å². The number of aliphatic carboxylic acids is 1. The first-order valence-corrected chi connectivity index (χ1v) is 7.74. The van der Waals surface area contributed by atoms with E-state index in [9.17, 15) is 14.7 Å². The van der Waals surface area contributed by atoms with Gasteiger partial charge in [-0.3, -0.25) is 9.59 Å². The van der Waals surface area contributed by atoms with Crippen molar-refractivity contribution in [2.75, 3.05) is 20.2 Å². The molecule has 1 saturated heterocycles. The Hall–Kier alpha value is -2.04. The first-order valence-electron chi connectivity index (χ1n) is 7.74. The maximum Gasteiger partial charge on any atom is 0.308 e. The van der Waals surface area contributed by atoms with Gasteiger partial charge in [0.1, 0.15) is 5.75 Å². The normalized spacial score (nSPS) is 23.0. The second-order valence-corrected chi connectivity index (χ2v) is 6.21. The topological polar surface area (TPSA) is 66.8 Å². The largest absolute Gasteiger partial charge is 0.496 e. The van der Waals surface area contributed by atoms with Crippen molar-refractivity contribution >= 4 is 11.9 Å². The van der Waals surface area contributed by atoms with Crippen LogP contribution in [0.3, 0.4) is 0 Å². The Labute approximate surface area is 129 Å². The summed E-state index contributed by atoms with van der Waals surface area (Å²) in [4.78, 5) is 25.9. The van der Waals surface area contributed by atoms with Crippen LogP contribution in [0.15, 0.2) is 24.3 Å². The highest BCUT2D eigenvalue weighted by Crippen LogP contribution is 2.52. The number of piperidine rings is 1. The Balaban J connectivity index is 1.83. The summed E-state index contributed by atoms with van der Waals surface area (Å²) in [5, 5.41) is 9.20. The summed E-state index contributed by atoms with van der Waals surface area (Å²) in [5.41, 5.74) is 0.424. The van der Waals surface area contributed by atoms with Gasteiger partial charge in [-0.15, -0.1) is 0 Å². The van der Waals surface area contributed by atoms with Crippen molar-refractivity contribution in [3.05, 3.63) is 29.8 Å². The van der Waals surface area contributed by atoms with Crippen LogP contribution in [0.25, 0.3) is 0 Å². The lowest BCUT2D eigenvalue weighted by molar-refractivity contribution is -0.146. The van der Waals surface area contributed by atoms with Crippen molar-refractivity contribution < 1.29 is 19.4 Å². The molecule has 22 heavy (non-hydrogen) atoms. The number of hydrogen-bond acceptors (Lipinski definition) is 3. The molecule has 1 heterocycles. The summed E-state index contributed by atoms with van der Waals surface area (Å²) < 4.78 is 5.40. The molecule has 0 bridgehead atoms. The number of carboxylic acid groups (broad SMARTS) is 1. The van der Waals surface area contributed by atoms with Gasteiger partial charge in [-0.25, -0.2) is 0 Å². The number of benzene rings is 1. The zero-order chi connectivity index (χ0) is 15.7. The monoisotopic (exact) mass is 303 g/mol. The highest BCUT2D eigenvalue weighted by atomic mass is 16.5. The average Bonchev–Trinajstić information content (AvgIpc) is 3.36. The van der Waals surface area contributed by atoms with Gasteiger partial charge in [0.15, 0.2) is 0 Å². The van der Waals surface area contributed by atoms with Gasteiger partial charge in [-0.2, -0.15) is 0 Å². The molecule has 3 rings (SSSR count). The lowest BCUT2D eigenvalue weighted by Gasteiger charge is -2.34. The third-order valence-corrected chi connectivity index (χ3v) is 4.84.